The molecule has 2 atom stereocenters. The van der Waals surface area contributed by atoms with Crippen LogP contribution < -0.4 is 11.1 Å². The Bertz CT molecular complexity index is 304. The lowest BCUT2D eigenvalue weighted by atomic mass is 9.84. The monoisotopic (exact) mass is 241 g/mol. The Kier molecular flexibility index (Phi) is 4.51. The van der Waals surface area contributed by atoms with Crippen LogP contribution in [0, 0.1) is 5.41 Å². The normalized spacial score (nSPS) is 27.9. The molecule has 3 N–H and O–H groups in total. The van der Waals surface area contributed by atoms with Gasteiger partial charge in [0.25, 0.3) is 0 Å². The van der Waals surface area contributed by atoms with Crippen molar-refractivity contribution in [2.75, 3.05) is 20.6 Å². The highest BCUT2D eigenvalue weighted by molar-refractivity contribution is 5.84. The molecule has 98 valence electrons. The lowest BCUT2D eigenvalue weighted by Crippen LogP contribution is -2.47. The molecule has 0 aromatic rings. The molecule has 0 saturated heterocycles. The summed E-state index contributed by atoms with van der Waals surface area (Å²) in [6.07, 6.45) is 3.08. The summed E-state index contributed by atoms with van der Waals surface area (Å²) < 4.78 is 0. The van der Waals surface area contributed by atoms with Gasteiger partial charge in [-0.2, -0.15) is 0 Å². The summed E-state index contributed by atoms with van der Waals surface area (Å²) in [5, 5.41) is 2.81. The van der Waals surface area contributed by atoms with Crippen molar-refractivity contribution in [1.29, 1.82) is 0 Å². The quantitative estimate of drug-likeness (QED) is 0.733. The van der Waals surface area contributed by atoms with E-state index >= 15 is 0 Å². The highest BCUT2D eigenvalue weighted by Gasteiger charge is 2.42. The summed E-state index contributed by atoms with van der Waals surface area (Å²) in [7, 11) is 3.41. The second-order valence-corrected chi connectivity index (χ2v) is 5.21. The number of hydrogen-bond donors (Lipinski definition) is 2. The summed E-state index contributed by atoms with van der Waals surface area (Å²) in [5.74, 6) is 0.000213. The summed E-state index contributed by atoms with van der Waals surface area (Å²) in [4.78, 5) is 24.9. The van der Waals surface area contributed by atoms with Gasteiger partial charge in [0.05, 0.1) is 5.41 Å². The molecule has 0 spiro atoms. The molecule has 2 amide bonds. The Morgan fingerprint density at radius 1 is 1.47 bits per heavy atom. The fraction of sp³-hybridized carbons (Fsp3) is 0.833. The molecule has 1 saturated carbocycles. The predicted octanol–water partition coefficient (Wildman–Crippen LogP) is 0.0984. The van der Waals surface area contributed by atoms with Crippen LogP contribution in [0.25, 0.3) is 0 Å². The van der Waals surface area contributed by atoms with Gasteiger partial charge in [-0.3, -0.25) is 9.59 Å². The molecular formula is C12H23N3O2. The topological polar surface area (TPSA) is 75.4 Å². The molecule has 0 aliphatic heterocycles. The molecule has 2 unspecified atom stereocenters. The molecular weight excluding hydrogens is 218 g/mol. The molecule has 1 aliphatic carbocycles. The second kappa shape index (κ2) is 5.49. The number of carbonyl (C=O) groups is 2. The number of carbonyl (C=O) groups excluding carboxylic acids is 2. The van der Waals surface area contributed by atoms with Gasteiger partial charge in [0.2, 0.25) is 11.8 Å². The van der Waals surface area contributed by atoms with Gasteiger partial charge in [0.1, 0.15) is 0 Å². The van der Waals surface area contributed by atoms with Crippen LogP contribution in [0.1, 0.15) is 32.6 Å². The first-order valence-electron chi connectivity index (χ1n) is 6.12. The zero-order valence-electron chi connectivity index (χ0n) is 11.0. The highest BCUT2D eigenvalue weighted by atomic mass is 16.2. The summed E-state index contributed by atoms with van der Waals surface area (Å²) in [6.45, 7) is 2.30. The van der Waals surface area contributed by atoms with E-state index in [2.05, 4.69) is 5.32 Å². The van der Waals surface area contributed by atoms with E-state index in [9.17, 15) is 9.59 Å². The molecule has 17 heavy (non-hydrogen) atoms. The van der Waals surface area contributed by atoms with Gasteiger partial charge >= 0.3 is 0 Å². The fourth-order valence-corrected chi connectivity index (χ4v) is 2.18. The van der Waals surface area contributed by atoms with Crippen LogP contribution in [0.2, 0.25) is 0 Å². The smallest absolute Gasteiger partial charge is 0.227 e. The van der Waals surface area contributed by atoms with E-state index in [0.717, 1.165) is 19.3 Å². The van der Waals surface area contributed by atoms with Crippen molar-refractivity contribution >= 4 is 11.8 Å². The minimum absolute atomic E-state index is 0.0194. The third-order valence-corrected chi connectivity index (χ3v) is 3.67. The van der Waals surface area contributed by atoms with Crippen molar-refractivity contribution in [3.63, 3.8) is 0 Å². The fourth-order valence-electron chi connectivity index (χ4n) is 2.18. The predicted molar refractivity (Wildman–Crippen MR) is 66.3 cm³/mol. The minimum Gasteiger partial charge on any atom is -0.355 e. The van der Waals surface area contributed by atoms with Gasteiger partial charge in [-0.1, -0.05) is 6.42 Å². The SMILES string of the molecule is CN(C)C(=O)CCNC(=O)C1(C)CCCC1N. The van der Waals surface area contributed by atoms with E-state index in [-0.39, 0.29) is 17.9 Å². The zero-order valence-corrected chi connectivity index (χ0v) is 11.0. The summed E-state index contributed by atoms with van der Waals surface area (Å²) >= 11 is 0. The lowest BCUT2D eigenvalue weighted by molar-refractivity contribution is -0.131. The Morgan fingerprint density at radius 2 is 2.12 bits per heavy atom. The Balaban J connectivity index is 2.37. The Labute approximate surface area is 103 Å². The maximum absolute atomic E-state index is 12.0. The van der Waals surface area contributed by atoms with E-state index in [0.29, 0.717) is 13.0 Å². The van der Waals surface area contributed by atoms with Crippen molar-refractivity contribution in [1.82, 2.24) is 10.2 Å². The molecule has 1 fully saturated rings. The molecule has 0 aromatic carbocycles. The van der Waals surface area contributed by atoms with Crippen LogP contribution in [0.15, 0.2) is 0 Å². The first kappa shape index (κ1) is 14.0. The summed E-state index contributed by atoms with van der Waals surface area (Å²) in [5.41, 5.74) is 5.50. The first-order chi connectivity index (χ1) is 7.88. The van der Waals surface area contributed by atoms with Crippen LogP contribution in [0.5, 0.6) is 0 Å². The van der Waals surface area contributed by atoms with Crippen LogP contribution in [0.3, 0.4) is 0 Å². The Hall–Kier alpha value is -1.10. The maximum atomic E-state index is 12.0. The van der Waals surface area contributed by atoms with Crippen molar-refractivity contribution in [3.8, 4) is 0 Å². The van der Waals surface area contributed by atoms with Crippen molar-refractivity contribution in [3.05, 3.63) is 0 Å². The third-order valence-electron chi connectivity index (χ3n) is 3.67. The molecule has 1 aliphatic rings. The van der Waals surface area contributed by atoms with Crippen LogP contribution in [-0.4, -0.2) is 43.4 Å². The number of hydrogen-bond acceptors (Lipinski definition) is 3. The van der Waals surface area contributed by atoms with E-state index in [4.69, 9.17) is 5.73 Å². The van der Waals surface area contributed by atoms with E-state index in [1.807, 2.05) is 6.92 Å². The zero-order chi connectivity index (χ0) is 13.1. The molecule has 5 heteroatoms. The van der Waals surface area contributed by atoms with Gasteiger partial charge in [0, 0.05) is 33.1 Å². The highest BCUT2D eigenvalue weighted by Crippen LogP contribution is 2.36. The van der Waals surface area contributed by atoms with E-state index < -0.39 is 5.41 Å². The third kappa shape index (κ3) is 3.19. The minimum atomic E-state index is -0.457. The molecule has 0 bridgehead atoms. The summed E-state index contributed by atoms with van der Waals surface area (Å²) in [6, 6.07) is -0.0629. The van der Waals surface area contributed by atoms with Crippen LogP contribution in [0.4, 0.5) is 0 Å². The number of rotatable bonds is 4. The van der Waals surface area contributed by atoms with Gasteiger partial charge in [-0.25, -0.2) is 0 Å². The van der Waals surface area contributed by atoms with Gasteiger partial charge in [-0.05, 0) is 19.8 Å². The van der Waals surface area contributed by atoms with Crippen molar-refractivity contribution in [2.24, 2.45) is 11.1 Å². The number of nitrogens with one attached hydrogen (secondary N) is 1. The van der Waals surface area contributed by atoms with Crippen LogP contribution >= 0.6 is 0 Å². The number of amides is 2. The maximum Gasteiger partial charge on any atom is 0.227 e. The number of nitrogens with two attached hydrogens (primary N) is 1. The van der Waals surface area contributed by atoms with E-state index in [1.54, 1.807) is 14.1 Å². The van der Waals surface area contributed by atoms with Crippen molar-refractivity contribution < 1.29 is 9.59 Å². The van der Waals surface area contributed by atoms with Gasteiger partial charge < -0.3 is 16.0 Å². The number of nitrogens with zero attached hydrogens (tertiary/aromatic N) is 1. The average molecular weight is 241 g/mol. The van der Waals surface area contributed by atoms with Gasteiger partial charge in [-0.15, -0.1) is 0 Å². The largest absolute Gasteiger partial charge is 0.355 e. The van der Waals surface area contributed by atoms with E-state index in [1.165, 1.54) is 4.90 Å². The molecule has 5 nitrogen and oxygen atoms in total. The van der Waals surface area contributed by atoms with Crippen molar-refractivity contribution in [2.45, 2.75) is 38.6 Å². The molecule has 1 rings (SSSR count). The average Bonchev–Trinajstić information content (AvgIpc) is 2.60. The standard InChI is InChI=1S/C12H23N3O2/c1-12(7-4-5-9(12)13)11(17)14-8-6-10(16)15(2)3/h9H,4-8,13H2,1-3H3,(H,14,17). The molecule has 0 heterocycles. The first-order valence-corrected chi connectivity index (χ1v) is 6.12. The van der Waals surface area contributed by atoms with Crippen LogP contribution in [-0.2, 0) is 9.59 Å². The molecule has 0 aromatic heterocycles. The second-order valence-electron chi connectivity index (χ2n) is 5.21. The Morgan fingerprint density at radius 3 is 2.59 bits per heavy atom. The lowest BCUT2D eigenvalue weighted by Gasteiger charge is -2.27. The molecule has 0 radical (unpaired) electrons. The van der Waals surface area contributed by atoms with Gasteiger partial charge in [0.15, 0.2) is 0 Å².